The summed E-state index contributed by atoms with van der Waals surface area (Å²) in [4.78, 5) is 10.9. The summed E-state index contributed by atoms with van der Waals surface area (Å²) < 4.78 is 133. The number of hydrogen-bond donors (Lipinski definition) is 1. The molecule has 2 rings (SSSR count). The third kappa shape index (κ3) is 4.92. The number of carboxylic acids is 1. The molecular weight excluding hydrogens is 438 g/mol. The van der Waals surface area contributed by atoms with Crippen LogP contribution in [-0.4, -0.2) is 17.3 Å². The molecule has 0 aromatic heterocycles. The van der Waals surface area contributed by atoms with Gasteiger partial charge in [0.25, 0.3) is 0 Å². The molecule has 30 heavy (non-hydrogen) atoms. The van der Waals surface area contributed by atoms with Crippen LogP contribution in [0.25, 0.3) is 5.83 Å². The molecule has 2 aromatic rings. The minimum absolute atomic E-state index is 0.0193. The first kappa shape index (κ1) is 23.2. The molecule has 0 spiro atoms. The summed E-state index contributed by atoms with van der Waals surface area (Å²) in [7, 11) is 0. The van der Waals surface area contributed by atoms with E-state index in [1.165, 1.54) is 0 Å². The average molecular weight is 446 g/mol. The SMILES string of the molecule is O=C(O)c1ccc(C(F)=CC(c2cc(F)c(F)c(F)c2)C(F)(F)F)cc1C(F)(F)F. The highest BCUT2D eigenvalue weighted by atomic mass is 19.4. The molecule has 0 aliphatic rings. The topological polar surface area (TPSA) is 37.3 Å². The van der Waals surface area contributed by atoms with Crippen molar-refractivity contribution in [1.82, 2.24) is 0 Å². The molecule has 12 heteroatoms. The lowest BCUT2D eigenvalue weighted by Crippen LogP contribution is -2.20. The lowest BCUT2D eigenvalue weighted by atomic mass is 9.95. The Morgan fingerprint density at radius 3 is 1.90 bits per heavy atom. The quantitative estimate of drug-likeness (QED) is 0.432. The van der Waals surface area contributed by atoms with E-state index in [1.807, 2.05) is 0 Å². The summed E-state index contributed by atoms with van der Waals surface area (Å²) in [6, 6.07) is 0.746. The zero-order chi connectivity index (χ0) is 23.0. The van der Waals surface area contributed by atoms with Gasteiger partial charge < -0.3 is 5.11 Å². The van der Waals surface area contributed by atoms with Crippen LogP contribution in [0.1, 0.15) is 33.0 Å². The van der Waals surface area contributed by atoms with Gasteiger partial charge in [0.15, 0.2) is 17.5 Å². The lowest BCUT2D eigenvalue weighted by molar-refractivity contribution is -0.140. The fourth-order valence-electron chi connectivity index (χ4n) is 2.49. The molecule has 0 aliphatic carbocycles. The fourth-order valence-corrected chi connectivity index (χ4v) is 2.49. The summed E-state index contributed by atoms with van der Waals surface area (Å²) in [5.41, 5.74) is -5.40. The molecule has 1 unspecified atom stereocenters. The Morgan fingerprint density at radius 2 is 1.47 bits per heavy atom. The molecule has 0 aliphatic heterocycles. The molecule has 0 saturated carbocycles. The van der Waals surface area contributed by atoms with E-state index in [2.05, 4.69) is 0 Å². The monoisotopic (exact) mass is 446 g/mol. The Hall–Kier alpha value is -3.05. The molecule has 1 atom stereocenters. The van der Waals surface area contributed by atoms with Gasteiger partial charge in [-0.25, -0.2) is 22.4 Å². The van der Waals surface area contributed by atoms with Crippen LogP contribution in [0.4, 0.5) is 43.9 Å². The number of benzene rings is 2. The molecule has 0 amide bonds. The second-order valence-electron chi connectivity index (χ2n) is 5.90. The third-order valence-corrected chi connectivity index (χ3v) is 3.86. The molecule has 2 nitrogen and oxygen atoms in total. The van der Waals surface area contributed by atoms with Crippen LogP contribution < -0.4 is 0 Å². The van der Waals surface area contributed by atoms with Crippen molar-refractivity contribution >= 4 is 11.8 Å². The van der Waals surface area contributed by atoms with Crippen LogP contribution >= 0.6 is 0 Å². The number of allylic oxidation sites excluding steroid dienone is 1. The van der Waals surface area contributed by atoms with Gasteiger partial charge in [0.05, 0.1) is 11.1 Å². The van der Waals surface area contributed by atoms with Crippen LogP contribution in [0.3, 0.4) is 0 Å². The molecule has 0 fully saturated rings. The molecule has 0 saturated heterocycles. The van der Waals surface area contributed by atoms with Crippen molar-refractivity contribution < 1.29 is 53.8 Å². The molecule has 162 valence electrons. The number of halogens is 10. The van der Waals surface area contributed by atoms with Gasteiger partial charge in [-0.15, -0.1) is 0 Å². The molecular formula is C18H8F10O2. The first-order chi connectivity index (χ1) is 13.6. The van der Waals surface area contributed by atoms with Crippen molar-refractivity contribution in [2.24, 2.45) is 0 Å². The van der Waals surface area contributed by atoms with Gasteiger partial charge in [0, 0.05) is 5.56 Å². The maximum Gasteiger partial charge on any atom is 0.417 e. The van der Waals surface area contributed by atoms with E-state index in [0.29, 0.717) is 12.1 Å². The minimum atomic E-state index is -5.36. The van der Waals surface area contributed by atoms with Gasteiger partial charge in [-0.1, -0.05) is 6.07 Å². The number of aromatic carboxylic acids is 1. The number of carboxylic acid groups (broad SMARTS) is 1. The Balaban J connectivity index is 2.62. The van der Waals surface area contributed by atoms with E-state index in [1.54, 1.807) is 0 Å². The summed E-state index contributed by atoms with van der Waals surface area (Å²) in [5.74, 6) is -13.0. The predicted molar refractivity (Wildman–Crippen MR) is 82.6 cm³/mol. The maximum atomic E-state index is 14.4. The molecule has 0 bridgehead atoms. The zero-order valence-electron chi connectivity index (χ0n) is 14.2. The van der Waals surface area contributed by atoms with Crippen molar-refractivity contribution in [2.75, 3.05) is 0 Å². The van der Waals surface area contributed by atoms with Gasteiger partial charge in [0.2, 0.25) is 0 Å². The van der Waals surface area contributed by atoms with E-state index in [4.69, 9.17) is 5.11 Å². The maximum absolute atomic E-state index is 14.4. The van der Waals surface area contributed by atoms with Crippen LogP contribution in [0.2, 0.25) is 0 Å². The van der Waals surface area contributed by atoms with Crippen LogP contribution in [0.5, 0.6) is 0 Å². The first-order valence-electron chi connectivity index (χ1n) is 7.66. The Labute approximate surface area is 161 Å². The largest absolute Gasteiger partial charge is 0.478 e. The summed E-state index contributed by atoms with van der Waals surface area (Å²) in [6.45, 7) is 0. The summed E-state index contributed by atoms with van der Waals surface area (Å²) in [5, 5.41) is 8.77. The number of alkyl halides is 6. The second kappa shape index (κ2) is 8.00. The zero-order valence-corrected chi connectivity index (χ0v) is 14.2. The normalized spacial score (nSPS) is 14.0. The van der Waals surface area contributed by atoms with E-state index >= 15 is 0 Å². The van der Waals surface area contributed by atoms with E-state index < -0.39 is 69.8 Å². The molecule has 2 aromatic carbocycles. The van der Waals surface area contributed by atoms with Crippen LogP contribution in [0, 0.1) is 17.5 Å². The summed E-state index contributed by atoms with van der Waals surface area (Å²) >= 11 is 0. The highest BCUT2D eigenvalue weighted by Gasteiger charge is 2.41. The van der Waals surface area contributed by atoms with Crippen LogP contribution in [-0.2, 0) is 6.18 Å². The van der Waals surface area contributed by atoms with Gasteiger partial charge in [-0.2, -0.15) is 26.3 Å². The van der Waals surface area contributed by atoms with E-state index in [9.17, 15) is 48.7 Å². The Morgan fingerprint density at radius 1 is 0.933 bits per heavy atom. The van der Waals surface area contributed by atoms with Gasteiger partial charge in [-0.3, -0.25) is 0 Å². The average Bonchev–Trinajstić information content (AvgIpc) is 2.61. The number of carbonyl (C=O) groups is 1. The minimum Gasteiger partial charge on any atom is -0.478 e. The lowest BCUT2D eigenvalue weighted by Gasteiger charge is -2.18. The number of rotatable bonds is 4. The third-order valence-electron chi connectivity index (χ3n) is 3.86. The molecule has 0 radical (unpaired) electrons. The van der Waals surface area contributed by atoms with Crippen molar-refractivity contribution in [2.45, 2.75) is 18.3 Å². The Bertz CT molecular complexity index is 982. The predicted octanol–water partition coefficient (Wildman–Crippen LogP) is 6.48. The number of hydrogen-bond acceptors (Lipinski definition) is 1. The van der Waals surface area contributed by atoms with Gasteiger partial charge >= 0.3 is 18.3 Å². The first-order valence-corrected chi connectivity index (χ1v) is 7.66. The van der Waals surface area contributed by atoms with Crippen LogP contribution in [0.15, 0.2) is 36.4 Å². The molecule has 0 heterocycles. The highest BCUT2D eigenvalue weighted by molar-refractivity contribution is 5.90. The van der Waals surface area contributed by atoms with E-state index in [0.717, 1.165) is 0 Å². The van der Waals surface area contributed by atoms with E-state index in [-0.39, 0.29) is 24.3 Å². The fraction of sp³-hybridized carbons (Fsp3) is 0.167. The van der Waals surface area contributed by atoms with Crippen molar-refractivity contribution in [3.05, 3.63) is 76.1 Å². The van der Waals surface area contributed by atoms with Gasteiger partial charge in [-0.05, 0) is 35.9 Å². The summed E-state index contributed by atoms with van der Waals surface area (Å²) in [6.07, 6.45) is -10.9. The smallest absolute Gasteiger partial charge is 0.417 e. The Kier molecular flexibility index (Phi) is 6.19. The highest BCUT2D eigenvalue weighted by Crippen LogP contribution is 2.40. The van der Waals surface area contributed by atoms with Crippen molar-refractivity contribution in [3.63, 3.8) is 0 Å². The standard InChI is InChI=1S/C18H8F10O2/c19-12(7-1-2-9(16(29)30)11(3-7)18(26,27)28)6-10(17(23,24)25)8-4-13(20)15(22)14(21)5-8/h1-6,10H,(H,29,30). The van der Waals surface area contributed by atoms with Crippen molar-refractivity contribution in [3.8, 4) is 0 Å². The van der Waals surface area contributed by atoms with Crippen molar-refractivity contribution in [1.29, 1.82) is 0 Å². The molecule has 1 N–H and O–H groups in total. The second-order valence-corrected chi connectivity index (χ2v) is 5.90. The van der Waals surface area contributed by atoms with Gasteiger partial charge in [0.1, 0.15) is 11.7 Å².